The van der Waals surface area contributed by atoms with Gasteiger partial charge in [0.2, 0.25) is 10.0 Å². The Labute approximate surface area is 260 Å². The highest BCUT2D eigenvalue weighted by Crippen LogP contribution is 2.42. The predicted octanol–water partition coefficient (Wildman–Crippen LogP) is 3.60. The first-order valence-electron chi connectivity index (χ1n) is 15.2. The van der Waals surface area contributed by atoms with Gasteiger partial charge in [0.25, 0.3) is 0 Å². The van der Waals surface area contributed by atoms with Crippen molar-refractivity contribution in [3.8, 4) is 5.75 Å². The van der Waals surface area contributed by atoms with E-state index in [9.17, 15) is 18.3 Å². The molecule has 4 rings (SSSR count). The molecule has 2 heterocycles. The van der Waals surface area contributed by atoms with Gasteiger partial charge >= 0.3 is 6.09 Å². The number of benzene rings is 2. The van der Waals surface area contributed by atoms with E-state index in [0.29, 0.717) is 25.4 Å². The summed E-state index contributed by atoms with van der Waals surface area (Å²) in [6.07, 6.45) is 0.261. The van der Waals surface area contributed by atoms with E-state index in [1.165, 1.54) is 23.5 Å². The first kappa shape index (κ1) is 34.1. The van der Waals surface area contributed by atoms with Crippen molar-refractivity contribution in [2.45, 2.75) is 68.5 Å². The van der Waals surface area contributed by atoms with Crippen molar-refractivity contribution in [1.29, 1.82) is 0 Å². The largest absolute Gasteiger partial charge is 0.497 e. The molecule has 2 fully saturated rings. The third-order valence-electron chi connectivity index (χ3n) is 8.33. The number of hydrogen-bond acceptors (Lipinski definition) is 9. The summed E-state index contributed by atoms with van der Waals surface area (Å²) in [5, 5.41) is 14.3. The van der Waals surface area contributed by atoms with Crippen molar-refractivity contribution in [2.75, 3.05) is 47.1 Å². The molecule has 0 radical (unpaired) electrons. The molecule has 2 saturated heterocycles. The first-order chi connectivity index (χ1) is 21.1. The van der Waals surface area contributed by atoms with Gasteiger partial charge in [-0.3, -0.25) is 0 Å². The Morgan fingerprint density at radius 2 is 1.82 bits per heavy atom. The fraction of sp³-hybridized carbons (Fsp3) is 0.594. The maximum atomic E-state index is 13.7. The van der Waals surface area contributed by atoms with Crippen LogP contribution < -0.4 is 10.1 Å². The molecular weight excluding hydrogens is 588 g/mol. The number of aliphatic hydroxyl groups is 1. The highest BCUT2D eigenvalue weighted by molar-refractivity contribution is 7.89. The summed E-state index contributed by atoms with van der Waals surface area (Å²) in [4.78, 5) is 13.1. The van der Waals surface area contributed by atoms with Gasteiger partial charge in [-0.05, 0) is 55.0 Å². The molecular formula is C32H46N2O9S. The van der Waals surface area contributed by atoms with E-state index in [0.717, 1.165) is 18.4 Å². The number of aliphatic hydroxyl groups excluding tert-OH is 1. The van der Waals surface area contributed by atoms with E-state index in [1.807, 2.05) is 44.2 Å². The zero-order valence-corrected chi connectivity index (χ0v) is 26.8. The van der Waals surface area contributed by atoms with Crippen LogP contribution in [0.4, 0.5) is 4.79 Å². The number of alkyl carbamates (subject to hydrolysis) is 1. The van der Waals surface area contributed by atoms with E-state index < -0.39 is 33.9 Å². The summed E-state index contributed by atoms with van der Waals surface area (Å²) >= 11 is 0. The molecule has 0 aromatic heterocycles. The number of carbonyl (C=O) groups is 1. The molecule has 12 heteroatoms. The maximum absolute atomic E-state index is 13.7. The van der Waals surface area contributed by atoms with Gasteiger partial charge in [0.15, 0.2) is 6.29 Å². The molecule has 0 spiro atoms. The number of hydrogen-bond donors (Lipinski definition) is 2. The third-order valence-corrected chi connectivity index (χ3v) is 10.2. The molecule has 11 nitrogen and oxygen atoms in total. The van der Waals surface area contributed by atoms with Crippen LogP contribution in [0.15, 0.2) is 59.5 Å². The monoisotopic (exact) mass is 634 g/mol. The molecule has 2 aromatic carbocycles. The molecule has 0 unspecified atom stereocenters. The van der Waals surface area contributed by atoms with Crippen molar-refractivity contribution in [3.63, 3.8) is 0 Å². The second-order valence-electron chi connectivity index (χ2n) is 11.9. The Hall–Kier alpha value is -2.74. The average Bonchev–Trinajstić information content (AvgIpc) is 3.39. The van der Waals surface area contributed by atoms with Gasteiger partial charge in [0.1, 0.15) is 11.4 Å². The number of rotatable bonds is 15. The Morgan fingerprint density at radius 3 is 2.48 bits per heavy atom. The van der Waals surface area contributed by atoms with Crippen molar-refractivity contribution in [1.82, 2.24) is 9.62 Å². The van der Waals surface area contributed by atoms with Crippen molar-refractivity contribution in [3.05, 3.63) is 60.2 Å². The van der Waals surface area contributed by atoms with Crippen LogP contribution in [-0.4, -0.2) is 95.1 Å². The van der Waals surface area contributed by atoms with E-state index in [4.69, 9.17) is 23.7 Å². The lowest BCUT2D eigenvalue weighted by Gasteiger charge is -2.36. The summed E-state index contributed by atoms with van der Waals surface area (Å²) in [6, 6.07) is 14.7. The van der Waals surface area contributed by atoms with Gasteiger partial charge in [0, 0.05) is 39.1 Å². The minimum Gasteiger partial charge on any atom is -0.497 e. The van der Waals surface area contributed by atoms with Gasteiger partial charge in [-0.1, -0.05) is 44.2 Å². The molecule has 2 aliphatic rings. The van der Waals surface area contributed by atoms with Crippen LogP contribution in [0.3, 0.4) is 0 Å². The number of sulfonamides is 1. The van der Waals surface area contributed by atoms with Crippen LogP contribution in [0.2, 0.25) is 0 Å². The van der Waals surface area contributed by atoms with Crippen LogP contribution in [-0.2, 0) is 35.4 Å². The number of methoxy groups -OCH3 is 2. The standard InChI is InChI=1S/C32H46N2O9S/c1-23(2)20-34(44(37,38)26-14-12-25(39-3)13-15-26)21-29(35)28(19-24-9-6-5-7-10-24)33-31(36)42-18-16-32(40-4)22-43-30-27(32)11-8-17-41-30/h5-7,9-10,12-15,23,27-30,35H,8,11,16-22H2,1-4H3,(H,33,36)/t27-,28-,29+,30-,32-/m0/s1. The summed E-state index contributed by atoms with van der Waals surface area (Å²) in [7, 11) is -0.812. The Balaban J connectivity index is 1.45. The van der Waals surface area contributed by atoms with Gasteiger partial charge in [0.05, 0.1) is 37.4 Å². The SMILES string of the molecule is COc1ccc(S(=O)(=O)N(CC(C)C)C[C@@H](O)[C@H](Cc2ccccc2)NC(=O)OCC[C@]2(OC)CO[C@@H]3OCCC[C@@H]32)cc1. The summed E-state index contributed by atoms with van der Waals surface area (Å²) in [5.41, 5.74) is 0.261. The molecule has 0 saturated carbocycles. The van der Waals surface area contributed by atoms with Gasteiger partial charge in [-0.2, -0.15) is 4.31 Å². The number of fused-ring (bicyclic) bond motifs is 1. The number of nitrogens with zero attached hydrogens (tertiary/aromatic N) is 1. The molecule has 2 aliphatic heterocycles. The lowest BCUT2D eigenvalue weighted by Crippen LogP contribution is -2.51. The normalized spacial score (nSPS) is 23.2. The molecule has 44 heavy (non-hydrogen) atoms. The summed E-state index contributed by atoms with van der Waals surface area (Å²) in [5.74, 6) is 0.580. The highest BCUT2D eigenvalue weighted by atomic mass is 32.2. The Bertz CT molecular complexity index is 1290. The van der Waals surface area contributed by atoms with Gasteiger partial charge < -0.3 is 34.1 Å². The molecule has 244 valence electrons. The number of nitrogens with one attached hydrogen (secondary N) is 1. The second-order valence-corrected chi connectivity index (χ2v) is 13.8. The fourth-order valence-corrected chi connectivity index (χ4v) is 7.52. The minimum absolute atomic E-state index is 0.0115. The zero-order valence-electron chi connectivity index (χ0n) is 26.0. The smallest absolute Gasteiger partial charge is 0.407 e. The molecule has 1 amide bonds. The van der Waals surface area contributed by atoms with Crippen LogP contribution >= 0.6 is 0 Å². The van der Waals surface area contributed by atoms with Crippen LogP contribution in [0.5, 0.6) is 5.75 Å². The molecule has 2 aromatic rings. The van der Waals surface area contributed by atoms with Crippen LogP contribution in [0.1, 0.15) is 38.7 Å². The van der Waals surface area contributed by atoms with Crippen LogP contribution in [0, 0.1) is 11.8 Å². The fourth-order valence-electron chi connectivity index (χ4n) is 5.90. The van der Waals surface area contributed by atoms with E-state index in [1.54, 1.807) is 19.2 Å². The second kappa shape index (κ2) is 15.5. The molecule has 0 bridgehead atoms. The highest BCUT2D eigenvalue weighted by Gasteiger charge is 2.51. The Morgan fingerprint density at radius 1 is 1.09 bits per heavy atom. The molecule has 0 aliphatic carbocycles. The average molecular weight is 635 g/mol. The van der Waals surface area contributed by atoms with Gasteiger partial charge in [-0.15, -0.1) is 0 Å². The lowest BCUT2D eigenvalue weighted by atomic mass is 9.82. The number of ether oxygens (including phenoxy) is 5. The van der Waals surface area contributed by atoms with E-state index >= 15 is 0 Å². The van der Waals surface area contributed by atoms with E-state index in [-0.39, 0.29) is 49.1 Å². The maximum Gasteiger partial charge on any atom is 0.407 e. The molecule has 2 N–H and O–H groups in total. The van der Waals surface area contributed by atoms with Crippen molar-refractivity contribution >= 4 is 16.1 Å². The van der Waals surface area contributed by atoms with Gasteiger partial charge in [-0.25, -0.2) is 13.2 Å². The predicted molar refractivity (Wildman–Crippen MR) is 164 cm³/mol. The summed E-state index contributed by atoms with van der Waals surface area (Å²) < 4.78 is 56.8. The third kappa shape index (κ3) is 8.49. The quantitative estimate of drug-likeness (QED) is 0.302. The summed E-state index contributed by atoms with van der Waals surface area (Å²) in [6.45, 7) is 4.85. The minimum atomic E-state index is -3.96. The van der Waals surface area contributed by atoms with Crippen LogP contribution in [0.25, 0.3) is 0 Å². The van der Waals surface area contributed by atoms with E-state index in [2.05, 4.69) is 5.32 Å². The van der Waals surface area contributed by atoms with Crippen molar-refractivity contribution < 1.29 is 42.0 Å². The lowest BCUT2D eigenvalue weighted by molar-refractivity contribution is -0.157. The Kier molecular flexibility index (Phi) is 12.0. The van der Waals surface area contributed by atoms with Crippen molar-refractivity contribution in [2.24, 2.45) is 11.8 Å². The zero-order chi connectivity index (χ0) is 31.7. The number of amides is 1. The first-order valence-corrected chi connectivity index (χ1v) is 16.6. The topological polar surface area (TPSA) is 133 Å². The number of carbonyl (C=O) groups excluding carboxylic acids is 1. The molecule has 5 atom stereocenters.